The third kappa shape index (κ3) is 10.4. The largest absolute Gasteiger partial charge is 0.456 e. The van der Waals surface area contributed by atoms with Crippen molar-refractivity contribution >= 4 is 23.4 Å². The standard InChI is InChI=1S/C42H67NO13/c1-22-16-23(2)36(47)24(3)18-34(53-8)38-35(54-9)19-26(5)42(51,56-38)39(48)40(49)43-15-11-10-12-29(43)41(50)55-37(27(6)32(46)21-31(22)45)25(4)17-28-13-14-30(44)33(20-28)52-7/h16-17,22,24,26-30,32-38,44,46-47,51H,10-15,18-21H2,1-9H3/b23-16+,25-17?. The summed E-state index contributed by atoms with van der Waals surface area (Å²) in [6, 6.07) is -1.16. The fraction of sp³-hybridized carbons (Fsp3) is 0.810. The minimum Gasteiger partial charge on any atom is -0.456 e. The lowest BCUT2D eigenvalue weighted by Gasteiger charge is -2.47. The maximum Gasteiger partial charge on any atom is 0.329 e. The van der Waals surface area contributed by atoms with Crippen LogP contribution in [0.2, 0.25) is 0 Å². The molecule has 0 aromatic carbocycles. The van der Waals surface area contributed by atoms with Gasteiger partial charge in [0.25, 0.3) is 11.7 Å². The Morgan fingerprint density at radius 2 is 1.52 bits per heavy atom. The van der Waals surface area contributed by atoms with Crippen LogP contribution < -0.4 is 0 Å². The van der Waals surface area contributed by atoms with Crippen molar-refractivity contribution in [2.24, 2.45) is 29.6 Å². The van der Waals surface area contributed by atoms with Gasteiger partial charge in [0, 0.05) is 52.0 Å². The van der Waals surface area contributed by atoms with Crippen LogP contribution in [0.3, 0.4) is 0 Å². The van der Waals surface area contributed by atoms with Gasteiger partial charge in [-0.1, -0.05) is 39.8 Å². The van der Waals surface area contributed by atoms with Gasteiger partial charge in [0.05, 0.1) is 36.6 Å². The number of amides is 1. The summed E-state index contributed by atoms with van der Waals surface area (Å²) < 4.78 is 29.5. The quantitative estimate of drug-likeness (QED) is 0.180. The van der Waals surface area contributed by atoms with Gasteiger partial charge in [-0.2, -0.15) is 0 Å². The van der Waals surface area contributed by atoms with Crippen LogP contribution in [-0.2, 0) is 42.9 Å². The van der Waals surface area contributed by atoms with Crippen LogP contribution in [0, 0.1) is 29.6 Å². The summed E-state index contributed by atoms with van der Waals surface area (Å²) in [6.45, 7) is 10.4. The summed E-state index contributed by atoms with van der Waals surface area (Å²) in [4.78, 5) is 57.3. The molecule has 0 aromatic heterocycles. The van der Waals surface area contributed by atoms with E-state index in [-0.39, 0.29) is 50.0 Å². The number of carbonyl (C=O) groups excluding carboxylic acids is 4. The number of Topliss-reactive ketones (excluding diaryl/α,β-unsaturated/α-hetero) is 2. The van der Waals surface area contributed by atoms with Gasteiger partial charge in [0.1, 0.15) is 24.0 Å². The second-order valence-corrected chi connectivity index (χ2v) is 16.9. The maximum absolute atomic E-state index is 14.2. The van der Waals surface area contributed by atoms with Crippen molar-refractivity contribution in [1.82, 2.24) is 4.90 Å². The Bertz CT molecular complexity index is 1450. The van der Waals surface area contributed by atoms with Crippen molar-refractivity contribution in [1.29, 1.82) is 0 Å². The van der Waals surface area contributed by atoms with Gasteiger partial charge in [-0.15, -0.1) is 0 Å². The SMILES string of the molecule is COC1CC(C=C(C)C2OC(=O)C3CCCCN3C(=O)C(=O)C3(O)OC(C(OC)CC(C)C(O)/C(C)=C/C(C)C(=O)CC(O)C2C)C(OC)CC3C)CCC1O. The van der Waals surface area contributed by atoms with Crippen molar-refractivity contribution in [3.63, 3.8) is 0 Å². The van der Waals surface area contributed by atoms with E-state index in [2.05, 4.69) is 0 Å². The van der Waals surface area contributed by atoms with Crippen LogP contribution in [0.1, 0.15) is 99.3 Å². The fourth-order valence-electron chi connectivity index (χ4n) is 9.08. The number of methoxy groups -OCH3 is 3. The minimum absolute atomic E-state index is 0.0250. The molecule has 3 fully saturated rings. The van der Waals surface area contributed by atoms with E-state index in [1.54, 1.807) is 47.8 Å². The number of fused-ring (bicyclic) bond motifs is 3. The average Bonchev–Trinajstić information content (AvgIpc) is 3.18. The zero-order chi connectivity index (χ0) is 41.6. The third-order valence-electron chi connectivity index (χ3n) is 12.9. The molecule has 0 spiro atoms. The number of cyclic esters (lactones) is 1. The van der Waals surface area contributed by atoms with Crippen LogP contribution in [-0.4, -0.2) is 137 Å². The zero-order valence-corrected chi connectivity index (χ0v) is 34.7. The number of carbonyl (C=O) groups is 4. The van der Waals surface area contributed by atoms with Crippen LogP contribution >= 0.6 is 0 Å². The normalized spacial score (nSPS) is 42.9. The average molecular weight is 794 g/mol. The number of allylic oxidation sites excluding steroid dienone is 2. The number of rotatable bonds is 5. The van der Waals surface area contributed by atoms with Gasteiger partial charge < -0.3 is 49.0 Å². The molecule has 14 heteroatoms. The summed E-state index contributed by atoms with van der Waals surface area (Å²) in [5.41, 5.74) is 1.16. The predicted molar refractivity (Wildman–Crippen MR) is 205 cm³/mol. The second-order valence-electron chi connectivity index (χ2n) is 16.9. The lowest BCUT2D eigenvalue weighted by molar-refractivity contribution is -0.302. The van der Waals surface area contributed by atoms with Crippen molar-refractivity contribution in [2.45, 2.75) is 160 Å². The van der Waals surface area contributed by atoms with Crippen LogP contribution in [0.5, 0.6) is 0 Å². The lowest BCUT2D eigenvalue weighted by atomic mass is 9.81. The molecule has 0 radical (unpaired) electrons. The highest BCUT2D eigenvalue weighted by Gasteiger charge is 2.56. The zero-order valence-electron chi connectivity index (χ0n) is 34.7. The van der Waals surface area contributed by atoms with Gasteiger partial charge in [-0.05, 0) is 88.2 Å². The molecule has 0 aromatic rings. The van der Waals surface area contributed by atoms with Crippen LogP contribution in [0.25, 0.3) is 0 Å². The Morgan fingerprint density at radius 1 is 0.875 bits per heavy atom. The topological polar surface area (TPSA) is 199 Å². The van der Waals surface area contributed by atoms with E-state index >= 15 is 0 Å². The molecular weight excluding hydrogens is 726 g/mol. The number of ether oxygens (including phenoxy) is 5. The molecule has 2 saturated heterocycles. The molecule has 1 saturated carbocycles. The maximum atomic E-state index is 14.2. The summed E-state index contributed by atoms with van der Waals surface area (Å²) in [5.74, 6) is -8.68. The van der Waals surface area contributed by atoms with E-state index in [1.807, 2.05) is 13.0 Å². The summed E-state index contributed by atoms with van der Waals surface area (Å²) in [7, 11) is 4.48. The van der Waals surface area contributed by atoms with Crippen molar-refractivity contribution in [2.75, 3.05) is 27.9 Å². The molecule has 2 bridgehead atoms. The highest BCUT2D eigenvalue weighted by atomic mass is 16.7. The van der Waals surface area contributed by atoms with Gasteiger partial charge in [0.15, 0.2) is 0 Å². The van der Waals surface area contributed by atoms with Gasteiger partial charge in [-0.25, -0.2) is 4.79 Å². The predicted octanol–water partition coefficient (Wildman–Crippen LogP) is 3.05. The Kier molecular flexibility index (Phi) is 16.4. The Hall–Kier alpha value is -2.56. The molecule has 4 N–H and O–H groups in total. The summed E-state index contributed by atoms with van der Waals surface area (Å²) in [5, 5.41) is 45.3. The number of ketones is 2. The highest BCUT2D eigenvalue weighted by Crippen LogP contribution is 2.39. The number of nitrogens with zero attached hydrogens (tertiary/aromatic N) is 1. The first-order valence-corrected chi connectivity index (χ1v) is 20.4. The first-order valence-electron chi connectivity index (χ1n) is 20.4. The lowest BCUT2D eigenvalue weighted by Crippen LogP contribution is -2.64. The first kappa shape index (κ1) is 46.1. The molecule has 1 amide bonds. The molecule has 3 aliphatic heterocycles. The van der Waals surface area contributed by atoms with Crippen LogP contribution in [0.4, 0.5) is 0 Å². The van der Waals surface area contributed by atoms with Crippen LogP contribution in [0.15, 0.2) is 23.3 Å². The summed E-state index contributed by atoms with van der Waals surface area (Å²) in [6.07, 6.45) is 0.115. The van der Waals surface area contributed by atoms with E-state index in [4.69, 9.17) is 23.7 Å². The number of piperidine rings is 1. The number of esters is 1. The van der Waals surface area contributed by atoms with Crippen molar-refractivity contribution in [3.8, 4) is 0 Å². The molecule has 15 atom stereocenters. The molecule has 4 aliphatic rings. The van der Waals surface area contributed by atoms with E-state index in [0.29, 0.717) is 43.3 Å². The molecule has 15 unspecified atom stereocenters. The fourth-order valence-corrected chi connectivity index (χ4v) is 9.08. The number of aliphatic hydroxyl groups is 4. The Balaban J connectivity index is 1.77. The number of aliphatic hydroxyl groups excluding tert-OH is 3. The molecule has 56 heavy (non-hydrogen) atoms. The Morgan fingerprint density at radius 3 is 2.16 bits per heavy atom. The smallest absolute Gasteiger partial charge is 0.329 e. The minimum atomic E-state index is -2.57. The molecule has 1 aliphatic carbocycles. The second kappa shape index (κ2) is 19.9. The number of hydrogen-bond acceptors (Lipinski definition) is 13. The van der Waals surface area contributed by atoms with E-state index in [0.717, 1.165) is 4.90 Å². The van der Waals surface area contributed by atoms with E-state index in [9.17, 15) is 39.6 Å². The van der Waals surface area contributed by atoms with E-state index in [1.165, 1.54) is 14.2 Å². The Labute approximate surface area is 331 Å². The highest BCUT2D eigenvalue weighted by molar-refractivity contribution is 6.39. The van der Waals surface area contributed by atoms with E-state index < -0.39 is 95.9 Å². The molecule has 14 nitrogen and oxygen atoms in total. The summed E-state index contributed by atoms with van der Waals surface area (Å²) >= 11 is 0. The number of hydrogen-bond donors (Lipinski definition) is 4. The molecule has 4 rings (SSSR count). The molecular formula is C42H67NO13. The van der Waals surface area contributed by atoms with Gasteiger partial charge in [0.2, 0.25) is 5.79 Å². The van der Waals surface area contributed by atoms with Crippen molar-refractivity contribution in [3.05, 3.63) is 23.3 Å². The monoisotopic (exact) mass is 793 g/mol. The van der Waals surface area contributed by atoms with Gasteiger partial charge >= 0.3 is 5.97 Å². The third-order valence-corrected chi connectivity index (χ3v) is 12.9. The van der Waals surface area contributed by atoms with Crippen molar-refractivity contribution < 1.29 is 63.3 Å². The first-order chi connectivity index (χ1) is 26.4. The van der Waals surface area contributed by atoms with Gasteiger partial charge in [-0.3, -0.25) is 14.4 Å². The molecule has 318 valence electrons. The molecule has 3 heterocycles.